The van der Waals surface area contributed by atoms with Crippen LogP contribution < -0.4 is 5.32 Å². The Kier molecular flexibility index (Phi) is 4.87. The van der Waals surface area contributed by atoms with E-state index in [4.69, 9.17) is 0 Å². The van der Waals surface area contributed by atoms with Gasteiger partial charge in [0, 0.05) is 25.2 Å². The lowest BCUT2D eigenvalue weighted by molar-refractivity contribution is 0.0928. The highest BCUT2D eigenvalue weighted by atomic mass is 15.2. The molecule has 2 fully saturated rings. The molecule has 0 aromatic carbocycles. The molecule has 2 rings (SSSR count). The molecule has 0 bridgehead atoms. The van der Waals surface area contributed by atoms with Crippen LogP contribution in [0.15, 0.2) is 0 Å². The Morgan fingerprint density at radius 1 is 1.24 bits per heavy atom. The SMILES string of the molecule is CCCC1CN(CCC2CC2)C(C(C)C)CN1. The van der Waals surface area contributed by atoms with Gasteiger partial charge in [-0.3, -0.25) is 4.90 Å². The predicted molar refractivity (Wildman–Crippen MR) is 74.2 cm³/mol. The zero-order valence-electron chi connectivity index (χ0n) is 11.9. The van der Waals surface area contributed by atoms with Gasteiger partial charge in [0.15, 0.2) is 0 Å². The second-order valence-corrected chi connectivity index (χ2v) is 6.43. The first-order valence-corrected chi connectivity index (χ1v) is 7.68. The van der Waals surface area contributed by atoms with E-state index in [1.54, 1.807) is 0 Å². The van der Waals surface area contributed by atoms with Crippen LogP contribution in [-0.4, -0.2) is 36.6 Å². The van der Waals surface area contributed by atoms with Gasteiger partial charge in [0.1, 0.15) is 0 Å². The molecular formula is C15H30N2. The first-order chi connectivity index (χ1) is 8.20. The summed E-state index contributed by atoms with van der Waals surface area (Å²) in [5.41, 5.74) is 0. The summed E-state index contributed by atoms with van der Waals surface area (Å²) in [6, 6.07) is 1.51. The maximum atomic E-state index is 3.74. The number of nitrogens with one attached hydrogen (secondary N) is 1. The zero-order chi connectivity index (χ0) is 12.3. The first kappa shape index (κ1) is 13.4. The zero-order valence-corrected chi connectivity index (χ0v) is 11.9. The third kappa shape index (κ3) is 3.96. The molecule has 2 heteroatoms. The van der Waals surface area contributed by atoms with E-state index in [0.717, 1.165) is 23.9 Å². The molecule has 0 aromatic rings. The lowest BCUT2D eigenvalue weighted by atomic mass is 9.96. The number of hydrogen-bond acceptors (Lipinski definition) is 2. The van der Waals surface area contributed by atoms with E-state index in [2.05, 4.69) is 31.0 Å². The minimum absolute atomic E-state index is 0.745. The van der Waals surface area contributed by atoms with Gasteiger partial charge in [0.05, 0.1) is 0 Å². The molecule has 2 atom stereocenters. The van der Waals surface area contributed by atoms with Gasteiger partial charge in [-0.1, -0.05) is 40.0 Å². The van der Waals surface area contributed by atoms with Crippen LogP contribution in [0.1, 0.15) is 52.9 Å². The molecule has 100 valence electrons. The summed E-state index contributed by atoms with van der Waals surface area (Å²) < 4.78 is 0. The van der Waals surface area contributed by atoms with Gasteiger partial charge in [-0.2, -0.15) is 0 Å². The van der Waals surface area contributed by atoms with Crippen molar-refractivity contribution in [3.05, 3.63) is 0 Å². The minimum Gasteiger partial charge on any atom is -0.311 e. The van der Waals surface area contributed by atoms with Crippen LogP contribution >= 0.6 is 0 Å². The molecule has 0 radical (unpaired) electrons. The molecular weight excluding hydrogens is 208 g/mol. The van der Waals surface area contributed by atoms with Crippen molar-refractivity contribution < 1.29 is 0 Å². The van der Waals surface area contributed by atoms with Gasteiger partial charge < -0.3 is 5.32 Å². The minimum atomic E-state index is 0.745. The maximum absolute atomic E-state index is 3.74. The number of nitrogens with zero attached hydrogens (tertiary/aromatic N) is 1. The normalized spacial score (nSPS) is 31.1. The van der Waals surface area contributed by atoms with Crippen molar-refractivity contribution in [2.24, 2.45) is 11.8 Å². The molecule has 0 aromatic heterocycles. The van der Waals surface area contributed by atoms with Crippen molar-refractivity contribution in [2.45, 2.75) is 65.0 Å². The van der Waals surface area contributed by atoms with E-state index in [0.29, 0.717) is 0 Å². The average molecular weight is 238 g/mol. The molecule has 0 amide bonds. The van der Waals surface area contributed by atoms with Crippen LogP contribution in [0.4, 0.5) is 0 Å². The molecule has 1 N–H and O–H groups in total. The Morgan fingerprint density at radius 2 is 2.00 bits per heavy atom. The number of hydrogen-bond donors (Lipinski definition) is 1. The molecule has 17 heavy (non-hydrogen) atoms. The van der Waals surface area contributed by atoms with E-state index in [1.807, 2.05) is 0 Å². The molecule has 2 unspecified atom stereocenters. The van der Waals surface area contributed by atoms with Gasteiger partial charge in [-0.05, 0) is 31.2 Å². The smallest absolute Gasteiger partial charge is 0.0244 e. The van der Waals surface area contributed by atoms with Crippen molar-refractivity contribution in [3.63, 3.8) is 0 Å². The van der Waals surface area contributed by atoms with E-state index >= 15 is 0 Å². The van der Waals surface area contributed by atoms with Gasteiger partial charge in [0.25, 0.3) is 0 Å². The lowest BCUT2D eigenvalue weighted by Gasteiger charge is -2.42. The molecule has 2 aliphatic rings. The summed E-state index contributed by atoms with van der Waals surface area (Å²) in [6.45, 7) is 10.9. The molecule has 0 spiro atoms. The van der Waals surface area contributed by atoms with Gasteiger partial charge >= 0.3 is 0 Å². The van der Waals surface area contributed by atoms with Crippen molar-refractivity contribution in [2.75, 3.05) is 19.6 Å². The van der Waals surface area contributed by atoms with Crippen LogP contribution in [0, 0.1) is 11.8 Å². The highest BCUT2D eigenvalue weighted by molar-refractivity contribution is 4.88. The topological polar surface area (TPSA) is 15.3 Å². The number of rotatable bonds is 6. The van der Waals surface area contributed by atoms with E-state index in [9.17, 15) is 0 Å². The second-order valence-electron chi connectivity index (χ2n) is 6.43. The highest BCUT2D eigenvalue weighted by Crippen LogP contribution is 2.33. The monoisotopic (exact) mass is 238 g/mol. The van der Waals surface area contributed by atoms with Crippen LogP contribution in [0.5, 0.6) is 0 Å². The fraction of sp³-hybridized carbons (Fsp3) is 1.00. The van der Waals surface area contributed by atoms with Crippen molar-refractivity contribution >= 4 is 0 Å². The Labute approximate surface area is 107 Å². The number of piperazine rings is 1. The summed E-state index contributed by atoms with van der Waals surface area (Å²) in [7, 11) is 0. The van der Waals surface area contributed by atoms with Crippen LogP contribution in [0.2, 0.25) is 0 Å². The summed E-state index contributed by atoms with van der Waals surface area (Å²) in [6.07, 6.45) is 7.08. The van der Waals surface area contributed by atoms with Crippen LogP contribution in [0.25, 0.3) is 0 Å². The average Bonchev–Trinajstić information content (AvgIpc) is 3.10. The Balaban J connectivity index is 1.83. The quantitative estimate of drug-likeness (QED) is 0.765. The third-order valence-electron chi connectivity index (χ3n) is 4.47. The summed E-state index contributed by atoms with van der Waals surface area (Å²) in [4.78, 5) is 2.78. The molecule has 1 heterocycles. The maximum Gasteiger partial charge on any atom is 0.0244 e. The summed E-state index contributed by atoms with van der Waals surface area (Å²) in [5, 5.41) is 3.74. The van der Waals surface area contributed by atoms with Crippen LogP contribution in [0.3, 0.4) is 0 Å². The van der Waals surface area contributed by atoms with Gasteiger partial charge in [0.2, 0.25) is 0 Å². The Morgan fingerprint density at radius 3 is 2.59 bits per heavy atom. The predicted octanol–water partition coefficient (Wildman–Crippen LogP) is 2.89. The van der Waals surface area contributed by atoms with Gasteiger partial charge in [-0.25, -0.2) is 0 Å². The van der Waals surface area contributed by atoms with Crippen molar-refractivity contribution in [1.29, 1.82) is 0 Å². The lowest BCUT2D eigenvalue weighted by Crippen LogP contribution is -2.58. The van der Waals surface area contributed by atoms with Crippen molar-refractivity contribution in [1.82, 2.24) is 10.2 Å². The second kappa shape index (κ2) is 6.19. The van der Waals surface area contributed by atoms with E-state index in [1.165, 1.54) is 51.7 Å². The van der Waals surface area contributed by atoms with E-state index < -0.39 is 0 Å². The highest BCUT2D eigenvalue weighted by Gasteiger charge is 2.30. The van der Waals surface area contributed by atoms with E-state index in [-0.39, 0.29) is 0 Å². The fourth-order valence-electron chi connectivity index (χ4n) is 3.11. The largest absolute Gasteiger partial charge is 0.311 e. The van der Waals surface area contributed by atoms with Gasteiger partial charge in [-0.15, -0.1) is 0 Å². The summed E-state index contributed by atoms with van der Waals surface area (Å²) in [5.74, 6) is 1.85. The van der Waals surface area contributed by atoms with Crippen molar-refractivity contribution in [3.8, 4) is 0 Å². The fourth-order valence-corrected chi connectivity index (χ4v) is 3.11. The Bertz CT molecular complexity index is 223. The molecule has 2 nitrogen and oxygen atoms in total. The molecule has 1 aliphatic heterocycles. The van der Waals surface area contributed by atoms with Crippen LogP contribution in [-0.2, 0) is 0 Å². The first-order valence-electron chi connectivity index (χ1n) is 7.68. The Hall–Kier alpha value is -0.0800. The molecule has 1 saturated heterocycles. The summed E-state index contributed by atoms with van der Waals surface area (Å²) >= 11 is 0. The standard InChI is InChI=1S/C15H30N2/c1-4-5-14-11-17(9-8-13-6-7-13)15(10-16-14)12(2)3/h12-16H,4-11H2,1-3H3. The third-order valence-corrected chi connectivity index (χ3v) is 4.47. The molecule has 1 aliphatic carbocycles. The molecule has 1 saturated carbocycles.